The Morgan fingerprint density at radius 1 is 1.23 bits per heavy atom. The normalized spacial score (nSPS) is 23.1. The third kappa shape index (κ3) is 4.48. The summed E-state index contributed by atoms with van der Waals surface area (Å²) in [7, 11) is 0. The Hall–Kier alpha value is -1.53. The molecule has 1 atom stereocenters. The number of hydrogen-bond acceptors (Lipinski definition) is 3. The van der Waals surface area contributed by atoms with Crippen LogP contribution in [0.25, 0.3) is 0 Å². The van der Waals surface area contributed by atoms with Crippen molar-refractivity contribution in [3.63, 3.8) is 0 Å². The quantitative estimate of drug-likeness (QED) is 0.780. The number of hydrogen-bond donors (Lipinski definition) is 3. The van der Waals surface area contributed by atoms with Gasteiger partial charge in [-0.1, -0.05) is 6.07 Å². The summed E-state index contributed by atoms with van der Waals surface area (Å²) in [4.78, 5) is 11.0. The van der Waals surface area contributed by atoms with Gasteiger partial charge in [0.1, 0.15) is 11.6 Å². The van der Waals surface area contributed by atoms with Crippen LogP contribution in [0.1, 0.15) is 44.3 Å². The second-order valence-corrected chi connectivity index (χ2v) is 5.81. The van der Waals surface area contributed by atoms with E-state index in [2.05, 4.69) is 10.6 Å². The summed E-state index contributed by atoms with van der Waals surface area (Å²) in [6.45, 7) is 1.61. The number of benzene rings is 1. The van der Waals surface area contributed by atoms with Crippen LogP contribution in [0.15, 0.2) is 18.2 Å². The molecular formula is C16H22F2N2O2. The van der Waals surface area contributed by atoms with E-state index in [0.29, 0.717) is 0 Å². The molecule has 0 unspecified atom stereocenters. The van der Waals surface area contributed by atoms with Crippen molar-refractivity contribution < 1.29 is 18.7 Å². The van der Waals surface area contributed by atoms with Gasteiger partial charge in [0, 0.05) is 25.6 Å². The molecule has 1 aromatic carbocycles. The van der Waals surface area contributed by atoms with Gasteiger partial charge in [-0.2, -0.15) is 0 Å². The largest absolute Gasteiger partial charge is 0.387 e. The number of aliphatic hydroxyl groups is 1. The molecule has 2 rings (SSSR count). The highest BCUT2D eigenvalue weighted by molar-refractivity contribution is 5.73. The van der Waals surface area contributed by atoms with Crippen molar-refractivity contribution in [2.24, 2.45) is 0 Å². The summed E-state index contributed by atoms with van der Waals surface area (Å²) >= 11 is 0. The Morgan fingerprint density at radius 2 is 1.77 bits per heavy atom. The molecular weight excluding hydrogens is 290 g/mol. The molecule has 1 aromatic rings. The van der Waals surface area contributed by atoms with Crippen LogP contribution in [0.4, 0.5) is 8.78 Å². The summed E-state index contributed by atoms with van der Waals surface area (Å²) in [5.41, 5.74) is -0.290. The van der Waals surface area contributed by atoms with Crippen molar-refractivity contribution in [3.8, 4) is 0 Å². The molecule has 0 radical (unpaired) electrons. The van der Waals surface area contributed by atoms with Crippen LogP contribution in [-0.2, 0) is 4.79 Å². The van der Waals surface area contributed by atoms with Gasteiger partial charge in [-0.25, -0.2) is 8.78 Å². The molecule has 1 fully saturated rings. The van der Waals surface area contributed by atoms with Gasteiger partial charge in [-0.05, 0) is 37.8 Å². The van der Waals surface area contributed by atoms with Crippen molar-refractivity contribution in [2.75, 3.05) is 6.54 Å². The number of nitrogens with one attached hydrogen (secondary N) is 2. The number of aliphatic hydroxyl groups excluding tert-OH is 1. The molecule has 1 aliphatic rings. The van der Waals surface area contributed by atoms with E-state index < -0.39 is 17.7 Å². The third-order valence-corrected chi connectivity index (χ3v) is 4.07. The Bertz CT molecular complexity index is 497. The van der Waals surface area contributed by atoms with Crippen LogP contribution in [-0.4, -0.2) is 29.6 Å². The minimum Gasteiger partial charge on any atom is -0.387 e. The van der Waals surface area contributed by atoms with Gasteiger partial charge in [0.15, 0.2) is 0 Å². The highest BCUT2D eigenvalue weighted by Gasteiger charge is 2.23. The summed E-state index contributed by atoms with van der Waals surface area (Å²) in [5.74, 6) is -1.49. The average Bonchev–Trinajstić information content (AvgIpc) is 2.46. The van der Waals surface area contributed by atoms with E-state index in [1.165, 1.54) is 13.0 Å². The van der Waals surface area contributed by atoms with Crippen molar-refractivity contribution >= 4 is 5.91 Å². The maximum Gasteiger partial charge on any atom is 0.217 e. The lowest BCUT2D eigenvalue weighted by Crippen LogP contribution is -2.42. The fraction of sp³-hybridized carbons (Fsp3) is 0.562. The van der Waals surface area contributed by atoms with Crippen molar-refractivity contribution in [2.45, 2.75) is 50.8 Å². The standard InChI is InChI=1S/C16H22F2N2O2/c1-10(21)20-12-7-5-11(6-8-12)19-9-15(22)16-13(17)3-2-4-14(16)18/h2-4,11-12,15,19,22H,5-9H2,1H3,(H,20,21)/t11?,12?,15-/m1/s1. The van der Waals surface area contributed by atoms with E-state index >= 15 is 0 Å². The summed E-state index contributed by atoms with van der Waals surface area (Å²) in [6, 6.07) is 3.94. The fourth-order valence-corrected chi connectivity index (χ4v) is 2.94. The zero-order valence-corrected chi connectivity index (χ0v) is 12.6. The molecule has 6 heteroatoms. The molecule has 4 nitrogen and oxygen atoms in total. The number of amides is 1. The van der Waals surface area contributed by atoms with Crippen molar-refractivity contribution in [1.82, 2.24) is 10.6 Å². The van der Waals surface area contributed by atoms with Crippen molar-refractivity contribution in [3.05, 3.63) is 35.4 Å². The van der Waals surface area contributed by atoms with E-state index in [1.807, 2.05) is 0 Å². The van der Waals surface area contributed by atoms with Crippen LogP contribution in [0.5, 0.6) is 0 Å². The molecule has 0 saturated heterocycles. The zero-order valence-electron chi connectivity index (χ0n) is 12.6. The zero-order chi connectivity index (χ0) is 16.1. The first-order valence-corrected chi connectivity index (χ1v) is 7.60. The molecule has 3 N–H and O–H groups in total. The summed E-state index contributed by atoms with van der Waals surface area (Å²) < 4.78 is 27.1. The van der Waals surface area contributed by atoms with E-state index in [1.54, 1.807) is 0 Å². The number of halogens is 2. The molecule has 0 spiro atoms. The summed E-state index contributed by atoms with van der Waals surface area (Å²) in [5, 5.41) is 16.0. The van der Waals surface area contributed by atoms with Gasteiger partial charge < -0.3 is 15.7 Å². The maximum atomic E-state index is 13.6. The molecule has 22 heavy (non-hydrogen) atoms. The Kier molecular flexibility index (Phi) is 5.85. The second kappa shape index (κ2) is 7.65. The Morgan fingerprint density at radius 3 is 2.32 bits per heavy atom. The first-order chi connectivity index (χ1) is 10.5. The van der Waals surface area contributed by atoms with Crippen LogP contribution in [0.2, 0.25) is 0 Å². The highest BCUT2D eigenvalue weighted by atomic mass is 19.1. The SMILES string of the molecule is CC(=O)NC1CCC(NC[C@@H](O)c2c(F)cccc2F)CC1. The first-order valence-electron chi connectivity index (χ1n) is 7.60. The van der Waals surface area contributed by atoms with Crippen LogP contribution < -0.4 is 10.6 Å². The van der Waals surface area contributed by atoms with Gasteiger partial charge in [0.05, 0.1) is 11.7 Å². The lowest BCUT2D eigenvalue weighted by molar-refractivity contribution is -0.119. The van der Waals surface area contributed by atoms with E-state index in [0.717, 1.165) is 37.8 Å². The average molecular weight is 312 g/mol. The van der Waals surface area contributed by atoms with Crippen LogP contribution >= 0.6 is 0 Å². The van der Waals surface area contributed by atoms with E-state index in [9.17, 15) is 18.7 Å². The molecule has 0 bridgehead atoms. The molecule has 122 valence electrons. The first kappa shape index (κ1) is 16.8. The minimum absolute atomic E-state index is 0.0261. The van der Waals surface area contributed by atoms with Crippen molar-refractivity contribution in [1.29, 1.82) is 0 Å². The van der Waals surface area contributed by atoms with Gasteiger partial charge >= 0.3 is 0 Å². The maximum absolute atomic E-state index is 13.6. The molecule has 1 saturated carbocycles. The smallest absolute Gasteiger partial charge is 0.217 e. The van der Waals surface area contributed by atoms with E-state index in [4.69, 9.17) is 0 Å². The molecule has 0 heterocycles. The second-order valence-electron chi connectivity index (χ2n) is 5.81. The predicted octanol–water partition coefficient (Wildman–Crippen LogP) is 2.04. The molecule has 0 aliphatic heterocycles. The third-order valence-electron chi connectivity index (χ3n) is 4.07. The molecule has 0 aromatic heterocycles. The highest BCUT2D eigenvalue weighted by Crippen LogP contribution is 2.22. The Balaban J connectivity index is 1.80. The topological polar surface area (TPSA) is 61.4 Å². The van der Waals surface area contributed by atoms with Gasteiger partial charge in [-0.3, -0.25) is 4.79 Å². The van der Waals surface area contributed by atoms with Gasteiger partial charge in [0.2, 0.25) is 5.91 Å². The number of rotatable bonds is 5. The predicted molar refractivity (Wildman–Crippen MR) is 79.2 cm³/mol. The lowest BCUT2D eigenvalue weighted by Gasteiger charge is -2.30. The number of carbonyl (C=O) groups is 1. The Labute approximate surface area is 128 Å². The van der Waals surface area contributed by atoms with Crippen LogP contribution in [0.3, 0.4) is 0 Å². The fourth-order valence-electron chi connectivity index (χ4n) is 2.94. The minimum atomic E-state index is -1.21. The lowest BCUT2D eigenvalue weighted by atomic mass is 9.91. The molecule has 1 amide bonds. The molecule has 1 aliphatic carbocycles. The summed E-state index contributed by atoms with van der Waals surface area (Å²) in [6.07, 6.45) is 2.23. The van der Waals surface area contributed by atoms with E-state index in [-0.39, 0.29) is 30.1 Å². The number of carbonyl (C=O) groups excluding carboxylic acids is 1. The van der Waals surface area contributed by atoms with Crippen LogP contribution in [0, 0.1) is 11.6 Å². The van der Waals surface area contributed by atoms with Gasteiger partial charge in [-0.15, -0.1) is 0 Å². The monoisotopic (exact) mass is 312 g/mol. The van der Waals surface area contributed by atoms with Gasteiger partial charge in [0.25, 0.3) is 0 Å².